The molecule has 1 aromatic heterocycles. The number of rotatable bonds is 4. The number of benzene rings is 1. The van der Waals surface area contributed by atoms with Crippen LogP contribution in [0.3, 0.4) is 0 Å². The molecule has 28 heavy (non-hydrogen) atoms. The van der Waals surface area contributed by atoms with Crippen molar-refractivity contribution >= 4 is 22.8 Å². The number of hydrogen-bond acceptors (Lipinski definition) is 5. The normalized spacial score (nSPS) is 18.3. The van der Waals surface area contributed by atoms with E-state index in [4.69, 9.17) is 10.7 Å². The molecular weight excluding hydrogens is 372 g/mol. The van der Waals surface area contributed by atoms with Gasteiger partial charge in [-0.05, 0) is 49.7 Å². The summed E-state index contributed by atoms with van der Waals surface area (Å²) in [6.07, 6.45) is 6.78. The highest BCUT2D eigenvalue weighted by atomic mass is 32.2. The molecule has 7 heteroatoms. The number of carbonyl (C=O) groups excluding carboxylic acids is 2. The van der Waals surface area contributed by atoms with Gasteiger partial charge < -0.3 is 15.2 Å². The van der Waals surface area contributed by atoms with Gasteiger partial charge in [-0.15, -0.1) is 0 Å². The zero-order chi connectivity index (χ0) is 19.7. The number of thioether (sulfide) groups is 1. The number of piperidine rings is 1. The van der Waals surface area contributed by atoms with Crippen molar-refractivity contribution in [2.24, 2.45) is 5.73 Å². The van der Waals surface area contributed by atoms with Gasteiger partial charge >= 0.3 is 0 Å². The topological polar surface area (TPSA) is 81.2 Å². The Bertz CT molecular complexity index is 900. The van der Waals surface area contributed by atoms with Gasteiger partial charge in [-0.25, -0.2) is 4.98 Å². The van der Waals surface area contributed by atoms with Crippen LogP contribution >= 0.6 is 11.8 Å². The van der Waals surface area contributed by atoms with Gasteiger partial charge in [0.2, 0.25) is 0 Å². The lowest BCUT2D eigenvalue weighted by molar-refractivity contribution is -0.111. The summed E-state index contributed by atoms with van der Waals surface area (Å²) < 4.78 is 2.04. The van der Waals surface area contributed by atoms with Crippen molar-refractivity contribution in [3.05, 3.63) is 53.1 Å². The van der Waals surface area contributed by atoms with Crippen LogP contribution in [0.15, 0.2) is 30.5 Å². The fourth-order valence-corrected chi connectivity index (χ4v) is 5.04. The zero-order valence-corrected chi connectivity index (χ0v) is 17.0. The third kappa shape index (κ3) is 3.26. The van der Waals surface area contributed by atoms with Crippen LogP contribution in [0.25, 0.3) is 0 Å². The molecule has 4 rings (SSSR count). The van der Waals surface area contributed by atoms with Crippen molar-refractivity contribution in [1.29, 1.82) is 0 Å². The predicted molar refractivity (Wildman–Crippen MR) is 110 cm³/mol. The van der Waals surface area contributed by atoms with Crippen molar-refractivity contribution in [3.8, 4) is 0 Å². The van der Waals surface area contributed by atoms with E-state index in [1.54, 1.807) is 6.20 Å². The lowest BCUT2D eigenvalue weighted by Gasteiger charge is -2.42. The van der Waals surface area contributed by atoms with Gasteiger partial charge in [0, 0.05) is 19.5 Å². The minimum atomic E-state index is -0.423. The predicted octanol–water partition coefficient (Wildman–Crippen LogP) is 2.20. The number of likely N-dealkylation sites (tertiary alicyclic amines) is 1. The van der Waals surface area contributed by atoms with Crippen LogP contribution < -0.4 is 5.73 Å². The number of nitrogens with two attached hydrogens (primary N) is 1. The maximum atomic E-state index is 11.9. The number of primary amides is 1. The van der Waals surface area contributed by atoms with Crippen molar-refractivity contribution in [1.82, 2.24) is 14.5 Å². The van der Waals surface area contributed by atoms with E-state index in [0.717, 1.165) is 51.3 Å². The zero-order valence-electron chi connectivity index (χ0n) is 16.2. The first-order valence-electron chi connectivity index (χ1n) is 9.78. The summed E-state index contributed by atoms with van der Waals surface area (Å²) >= 11 is 1.30. The Labute approximate surface area is 169 Å². The summed E-state index contributed by atoms with van der Waals surface area (Å²) in [5.74, 6) is 0.541. The molecule has 0 unspecified atom stereocenters. The minimum Gasteiger partial charge on any atom is -0.364 e. The van der Waals surface area contributed by atoms with Crippen molar-refractivity contribution in [2.75, 3.05) is 25.9 Å². The van der Waals surface area contributed by atoms with Gasteiger partial charge in [0.1, 0.15) is 11.5 Å². The molecule has 1 saturated heterocycles. The van der Waals surface area contributed by atoms with E-state index in [0.29, 0.717) is 12.1 Å². The quantitative estimate of drug-likeness (QED) is 0.854. The molecule has 0 bridgehead atoms. The maximum absolute atomic E-state index is 11.9. The Hall–Kier alpha value is -2.12. The number of fused-ring (bicyclic) bond motifs is 4. The van der Waals surface area contributed by atoms with Crippen LogP contribution in [0.2, 0.25) is 0 Å². The Kier molecular flexibility index (Phi) is 5.29. The fourth-order valence-electron chi connectivity index (χ4n) is 4.74. The first-order valence-corrected chi connectivity index (χ1v) is 11.0. The summed E-state index contributed by atoms with van der Waals surface area (Å²) in [6.45, 7) is 3.35. The Morgan fingerprint density at radius 1 is 1.21 bits per heavy atom. The second-order valence-electron chi connectivity index (χ2n) is 7.64. The molecule has 1 amide bonds. The summed E-state index contributed by atoms with van der Waals surface area (Å²) in [4.78, 5) is 30.7. The molecule has 1 spiro atoms. The Morgan fingerprint density at radius 2 is 1.96 bits per heavy atom. The fraction of sp³-hybridized carbons (Fsp3) is 0.476. The Morgan fingerprint density at radius 3 is 2.68 bits per heavy atom. The van der Waals surface area contributed by atoms with E-state index < -0.39 is 5.91 Å². The van der Waals surface area contributed by atoms with Gasteiger partial charge in [0.25, 0.3) is 5.91 Å². The molecule has 0 radical (unpaired) electrons. The molecule has 2 aromatic rings. The standard InChI is InChI=1S/C21H26N4O2S/c1-28-18(26)7-10-24-12-8-21(9-13-24)16-5-3-2-4-15(16)6-11-25-17(19(22)27)14-23-20(21)25/h2-5,14H,6-13H2,1H3,(H2,22,27). The molecule has 0 atom stereocenters. The molecule has 2 aliphatic rings. The Balaban J connectivity index is 1.68. The van der Waals surface area contributed by atoms with Gasteiger partial charge in [-0.1, -0.05) is 36.0 Å². The number of aryl methyl sites for hydroxylation is 1. The van der Waals surface area contributed by atoms with Crippen LogP contribution in [0.4, 0.5) is 0 Å². The van der Waals surface area contributed by atoms with Crippen LogP contribution in [0, 0.1) is 0 Å². The van der Waals surface area contributed by atoms with E-state index in [1.165, 1.54) is 22.9 Å². The second kappa shape index (κ2) is 7.72. The average Bonchev–Trinajstić information content (AvgIpc) is 3.11. The SMILES string of the molecule is CSC(=O)CCN1CCC2(CC1)c1ccccc1CCn1c(C(N)=O)cnc12. The lowest BCUT2D eigenvalue weighted by atomic mass is 9.70. The first kappa shape index (κ1) is 19.2. The monoisotopic (exact) mass is 398 g/mol. The van der Waals surface area contributed by atoms with Crippen molar-refractivity contribution in [2.45, 2.75) is 37.6 Å². The van der Waals surface area contributed by atoms with E-state index in [9.17, 15) is 9.59 Å². The molecule has 6 nitrogen and oxygen atoms in total. The molecular formula is C21H26N4O2S. The molecule has 1 fully saturated rings. The molecule has 0 aliphatic carbocycles. The van der Waals surface area contributed by atoms with E-state index in [2.05, 4.69) is 29.2 Å². The highest BCUT2D eigenvalue weighted by Crippen LogP contribution is 2.44. The number of imidazole rings is 1. The second-order valence-corrected chi connectivity index (χ2v) is 8.50. The summed E-state index contributed by atoms with van der Waals surface area (Å²) in [7, 11) is 0. The van der Waals surface area contributed by atoms with Gasteiger partial charge in [0.15, 0.2) is 5.12 Å². The summed E-state index contributed by atoms with van der Waals surface area (Å²) in [5, 5.41) is 0.238. The smallest absolute Gasteiger partial charge is 0.266 e. The largest absolute Gasteiger partial charge is 0.364 e. The highest BCUT2D eigenvalue weighted by Gasteiger charge is 2.44. The van der Waals surface area contributed by atoms with E-state index in [1.807, 2.05) is 10.8 Å². The first-order chi connectivity index (χ1) is 13.5. The van der Waals surface area contributed by atoms with Crippen molar-refractivity contribution in [3.63, 3.8) is 0 Å². The lowest BCUT2D eigenvalue weighted by Crippen LogP contribution is -2.45. The van der Waals surface area contributed by atoms with Gasteiger partial charge in [-0.3, -0.25) is 9.59 Å². The highest BCUT2D eigenvalue weighted by molar-refractivity contribution is 8.13. The van der Waals surface area contributed by atoms with Crippen LogP contribution in [0.5, 0.6) is 0 Å². The third-order valence-corrected chi connectivity index (χ3v) is 6.90. The number of hydrogen-bond donors (Lipinski definition) is 1. The summed E-state index contributed by atoms with van der Waals surface area (Å²) in [5.41, 5.74) is 8.56. The molecule has 148 valence electrons. The third-order valence-electron chi connectivity index (χ3n) is 6.24. The average molecular weight is 399 g/mol. The molecule has 3 heterocycles. The molecule has 2 aliphatic heterocycles. The number of amides is 1. The number of carbonyl (C=O) groups is 2. The van der Waals surface area contributed by atoms with Gasteiger partial charge in [0.05, 0.1) is 11.6 Å². The van der Waals surface area contributed by atoms with E-state index >= 15 is 0 Å². The molecule has 0 saturated carbocycles. The number of aromatic nitrogens is 2. The van der Waals surface area contributed by atoms with Crippen LogP contribution in [-0.2, 0) is 23.2 Å². The number of nitrogens with zero attached hydrogens (tertiary/aromatic N) is 3. The van der Waals surface area contributed by atoms with E-state index in [-0.39, 0.29) is 10.5 Å². The minimum absolute atomic E-state index is 0.208. The molecule has 2 N–H and O–H groups in total. The van der Waals surface area contributed by atoms with Crippen LogP contribution in [0.1, 0.15) is 46.7 Å². The van der Waals surface area contributed by atoms with Gasteiger partial charge in [-0.2, -0.15) is 0 Å². The molecule has 1 aromatic carbocycles. The van der Waals surface area contributed by atoms with Crippen LogP contribution in [-0.4, -0.2) is 51.4 Å². The van der Waals surface area contributed by atoms with Crippen molar-refractivity contribution < 1.29 is 9.59 Å². The summed E-state index contributed by atoms with van der Waals surface area (Å²) in [6, 6.07) is 8.59. The maximum Gasteiger partial charge on any atom is 0.266 e.